The normalized spacial score (nSPS) is 13.2. The van der Waals surface area contributed by atoms with Crippen LogP contribution in [0.25, 0.3) is 6.08 Å². The first kappa shape index (κ1) is 16.6. The number of benzene rings is 1. The number of nitrogens with one attached hydrogen (secondary N) is 1. The Balaban J connectivity index is 2.75. The average Bonchev–Trinajstić information content (AvgIpc) is 2.45. The number of amides is 1. The smallest absolute Gasteiger partial charge is 0.233 e. The van der Waals surface area contributed by atoms with E-state index in [1.807, 2.05) is 25.2 Å². The number of carbonyl (C=O) groups is 1. The fourth-order valence-corrected chi connectivity index (χ4v) is 2.80. The fourth-order valence-electron chi connectivity index (χ4n) is 1.72. The Morgan fingerprint density at radius 2 is 1.85 bits per heavy atom. The predicted octanol–water partition coefficient (Wildman–Crippen LogP) is 4.14. The summed E-state index contributed by atoms with van der Waals surface area (Å²) in [5, 5.41) is 2.68. The summed E-state index contributed by atoms with van der Waals surface area (Å²) in [4.78, 5) is 13.0. The molecule has 0 aliphatic carbocycles. The Bertz CT molecular complexity index is 474. The molecule has 1 aromatic carbocycles. The standard InChI is InChI=1S/C17H23NOS/c1-5-6-7-8-14-9-11-15(12-10-14)20-16(13(2)3)17(19)18-4/h5-13,16H,1-4H3,(H,18,19)/b6-5-,8-7-. The summed E-state index contributed by atoms with van der Waals surface area (Å²) in [6, 6.07) is 8.28. The van der Waals surface area contributed by atoms with E-state index in [0.717, 1.165) is 10.5 Å². The zero-order valence-corrected chi connectivity index (χ0v) is 13.4. The molecular formula is C17H23NOS. The van der Waals surface area contributed by atoms with E-state index in [-0.39, 0.29) is 11.2 Å². The van der Waals surface area contributed by atoms with Crippen molar-refractivity contribution >= 4 is 23.7 Å². The molecule has 0 aliphatic heterocycles. The highest BCUT2D eigenvalue weighted by molar-refractivity contribution is 8.00. The van der Waals surface area contributed by atoms with Crippen molar-refractivity contribution < 1.29 is 4.79 Å². The zero-order chi connectivity index (χ0) is 15.0. The second-order valence-corrected chi connectivity index (χ2v) is 6.07. The van der Waals surface area contributed by atoms with Crippen LogP contribution in [0.4, 0.5) is 0 Å². The van der Waals surface area contributed by atoms with Gasteiger partial charge in [0.15, 0.2) is 0 Å². The molecule has 20 heavy (non-hydrogen) atoms. The van der Waals surface area contributed by atoms with Crippen LogP contribution in [-0.2, 0) is 4.79 Å². The molecule has 2 nitrogen and oxygen atoms in total. The van der Waals surface area contributed by atoms with E-state index in [1.54, 1.807) is 18.8 Å². The Hall–Kier alpha value is -1.48. The lowest BCUT2D eigenvalue weighted by Crippen LogP contribution is -2.33. The lowest BCUT2D eigenvalue weighted by molar-refractivity contribution is -0.120. The van der Waals surface area contributed by atoms with Crippen LogP contribution in [0.15, 0.2) is 47.4 Å². The molecule has 3 heteroatoms. The summed E-state index contributed by atoms with van der Waals surface area (Å²) in [7, 11) is 1.69. The quantitative estimate of drug-likeness (QED) is 0.630. The third kappa shape index (κ3) is 5.25. The molecule has 0 spiro atoms. The molecule has 0 saturated heterocycles. The van der Waals surface area contributed by atoms with Gasteiger partial charge in [0, 0.05) is 11.9 Å². The molecule has 0 heterocycles. The van der Waals surface area contributed by atoms with Gasteiger partial charge in [0.25, 0.3) is 0 Å². The van der Waals surface area contributed by atoms with Crippen molar-refractivity contribution in [1.29, 1.82) is 0 Å². The molecule has 0 aliphatic rings. The Morgan fingerprint density at radius 3 is 2.35 bits per heavy atom. The summed E-state index contributed by atoms with van der Waals surface area (Å²) < 4.78 is 0. The van der Waals surface area contributed by atoms with Gasteiger partial charge in [0.05, 0.1) is 5.25 Å². The highest BCUT2D eigenvalue weighted by atomic mass is 32.2. The van der Waals surface area contributed by atoms with E-state index in [9.17, 15) is 4.79 Å². The van der Waals surface area contributed by atoms with Gasteiger partial charge >= 0.3 is 0 Å². The van der Waals surface area contributed by atoms with Gasteiger partial charge in [0.2, 0.25) is 5.91 Å². The van der Waals surface area contributed by atoms with Crippen LogP contribution in [0.2, 0.25) is 0 Å². The first-order valence-corrected chi connectivity index (χ1v) is 7.74. The Labute approximate surface area is 126 Å². The number of thioether (sulfide) groups is 1. The van der Waals surface area contributed by atoms with Crippen molar-refractivity contribution in [2.24, 2.45) is 5.92 Å². The summed E-state index contributed by atoms with van der Waals surface area (Å²) in [5.41, 5.74) is 1.16. The highest BCUT2D eigenvalue weighted by Gasteiger charge is 2.22. The zero-order valence-electron chi connectivity index (χ0n) is 12.6. The molecule has 1 atom stereocenters. The van der Waals surface area contributed by atoms with E-state index in [1.165, 1.54) is 0 Å². The SMILES string of the molecule is C/C=C\C=C/c1ccc(SC(C(=O)NC)C(C)C)cc1. The lowest BCUT2D eigenvalue weighted by atomic mass is 10.1. The minimum Gasteiger partial charge on any atom is -0.358 e. The molecule has 1 amide bonds. The molecule has 1 unspecified atom stereocenters. The third-order valence-corrected chi connectivity index (χ3v) is 4.40. The molecule has 0 bridgehead atoms. The van der Waals surface area contributed by atoms with Crippen molar-refractivity contribution in [3.8, 4) is 0 Å². The summed E-state index contributed by atoms with van der Waals surface area (Å²) in [6.45, 7) is 6.14. The van der Waals surface area contributed by atoms with Gasteiger partial charge in [-0.05, 0) is 30.5 Å². The number of allylic oxidation sites excluding steroid dienone is 3. The lowest BCUT2D eigenvalue weighted by Gasteiger charge is -2.18. The number of hydrogen-bond acceptors (Lipinski definition) is 2. The van der Waals surface area contributed by atoms with Crippen LogP contribution in [0.1, 0.15) is 26.3 Å². The van der Waals surface area contributed by atoms with Crippen LogP contribution in [-0.4, -0.2) is 18.2 Å². The maximum absolute atomic E-state index is 11.8. The average molecular weight is 289 g/mol. The fraction of sp³-hybridized carbons (Fsp3) is 0.353. The summed E-state index contributed by atoms with van der Waals surface area (Å²) in [6.07, 6.45) is 8.08. The van der Waals surface area contributed by atoms with E-state index in [4.69, 9.17) is 0 Å². The van der Waals surface area contributed by atoms with Crippen LogP contribution >= 0.6 is 11.8 Å². The molecule has 1 N–H and O–H groups in total. The molecule has 1 rings (SSSR count). The van der Waals surface area contributed by atoms with Crippen molar-refractivity contribution in [2.45, 2.75) is 30.9 Å². The van der Waals surface area contributed by atoms with E-state index in [2.05, 4.69) is 49.5 Å². The van der Waals surface area contributed by atoms with Crippen LogP contribution < -0.4 is 5.32 Å². The van der Waals surface area contributed by atoms with Crippen LogP contribution in [0.5, 0.6) is 0 Å². The van der Waals surface area contributed by atoms with Crippen molar-refractivity contribution in [2.75, 3.05) is 7.05 Å². The first-order valence-electron chi connectivity index (χ1n) is 6.86. The van der Waals surface area contributed by atoms with Gasteiger partial charge in [-0.3, -0.25) is 4.79 Å². The monoisotopic (exact) mass is 289 g/mol. The number of hydrogen-bond donors (Lipinski definition) is 1. The highest BCUT2D eigenvalue weighted by Crippen LogP contribution is 2.28. The molecule has 0 saturated carbocycles. The third-order valence-electron chi connectivity index (χ3n) is 2.85. The van der Waals surface area contributed by atoms with Crippen molar-refractivity contribution in [3.63, 3.8) is 0 Å². The van der Waals surface area contributed by atoms with Gasteiger partial charge in [-0.15, -0.1) is 11.8 Å². The van der Waals surface area contributed by atoms with Crippen molar-refractivity contribution in [3.05, 3.63) is 48.1 Å². The summed E-state index contributed by atoms with van der Waals surface area (Å²) in [5.74, 6) is 0.385. The van der Waals surface area contributed by atoms with Gasteiger partial charge in [-0.1, -0.05) is 50.3 Å². The number of carbonyl (C=O) groups excluding carboxylic acids is 1. The minimum atomic E-state index is -0.0515. The van der Waals surface area contributed by atoms with E-state index >= 15 is 0 Å². The Kier molecular flexibility index (Phi) is 7.16. The minimum absolute atomic E-state index is 0.0515. The van der Waals surface area contributed by atoms with Crippen LogP contribution in [0.3, 0.4) is 0 Å². The molecular weight excluding hydrogens is 266 g/mol. The predicted molar refractivity (Wildman–Crippen MR) is 88.8 cm³/mol. The molecule has 0 fully saturated rings. The number of rotatable bonds is 6. The molecule has 1 aromatic rings. The maximum Gasteiger partial charge on any atom is 0.233 e. The Morgan fingerprint density at radius 1 is 1.20 bits per heavy atom. The molecule has 0 radical (unpaired) electrons. The van der Waals surface area contributed by atoms with Gasteiger partial charge in [-0.25, -0.2) is 0 Å². The van der Waals surface area contributed by atoms with E-state index in [0.29, 0.717) is 5.92 Å². The second-order valence-electron chi connectivity index (χ2n) is 4.85. The molecule has 0 aromatic heterocycles. The van der Waals surface area contributed by atoms with Gasteiger partial charge in [-0.2, -0.15) is 0 Å². The second kappa shape index (κ2) is 8.64. The first-order chi connectivity index (χ1) is 9.58. The van der Waals surface area contributed by atoms with E-state index < -0.39 is 0 Å². The van der Waals surface area contributed by atoms with Gasteiger partial charge in [0.1, 0.15) is 0 Å². The van der Waals surface area contributed by atoms with Crippen molar-refractivity contribution in [1.82, 2.24) is 5.32 Å². The van der Waals surface area contributed by atoms with Crippen LogP contribution in [0, 0.1) is 5.92 Å². The maximum atomic E-state index is 11.8. The van der Waals surface area contributed by atoms with Gasteiger partial charge < -0.3 is 5.32 Å². The summed E-state index contributed by atoms with van der Waals surface area (Å²) >= 11 is 1.62. The largest absolute Gasteiger partial charge is 0.358 e. The molecule has 108 valence electrons. The topological polar surface area (TPSA) is 29.1 Å².